The smallest absolute Gasteiger partial charge is 0.131 e. The Morgan fingerprint density at radius 3 is 2.45 bits per heavy atom. The highest BCUT2D eigenvalue weighted by molar-refractivity contribution is 5.76. The molecule has 0 heterocycles. The number of hydrogen-bond acceptors (Lipinski definition) is 3. The van der Waals surface area contributed by atoms with Crippen molar-refractivity contribution < 1.29 is 4.79 Å². The van der Waals surface area contributed by atoms with Crippen LogP contribution in [-0.4, -0.2) is 11.8 Å². The maximum absolute atomic E-state index is 11.4. The Labute approximate surface area is 133 Å². The number of allylic oxidation sites excluding steroid dienone is 2. The maximum atomic E-state index is 11.4. The molecule has 3 heteroatoms. The van der Waals surface area contributed by atoms with E-state index in [2.05, 4.69) is 43.1 Å². The van der Waals surface area contributed by atoms with Crippen LogP contribution >= 0.6 is 0 Å². The Hall–Kier alpha value is -2.13. The molecule has 0 aliphatic carbocycles. The molecule has 0 aliphatic rings. The topological polar surface area (TPSA) is 55.1 Å². The molecule has 22 heavy (non-hydrogen) atoms. The minimum atomic E-state index is -0.0641. The Balaban J connectivity index is 2.67. The normalized spacial score (nSPS) is 12.8. The third kappa shape index (κ3) is 6.55. The zero-order chi connectivity index (χ0) is 16.4. The summed E-state index contributed by atoms with van der Waals surface area (Å²) >= 11 is 0. The number of aryl methyl sites for hydroxylation is 1. The summed E-state index contributed by atoms with van der Waals surface area (Å²) in [7, 11) is 0. The highest BCUT2D eigenvalue weighted by Crippen LogP contribution is 2.10. The lowest BCUT2D eigenvalue weighted by molar-refractivity contribution is -0.117. The molecule has 0 radical (unpaired) electrons. The number of carbonyl (C=O) groups is 1. The van der Waals surface area contributed by atoms with Crippen LogP contribution in [-0.2, 0) is 17.8 Å². The quantitative estimate of drug-likeness (QED) is 0.688. The number of nitrogens with two attached hydrogens (primary N) is 1. The van der Waals surface area contributed by atoms with Gasteiger partial charge in [0.15, 0.2) is 0 Å². The van der Waals surface area contributed by atoms with Crippen molar-refractivity contribution in [2.45, 2.75) is 39.3 Å². The molecule has 1 aromatic rings. The number of rotatable bonds is 9. The standard InChI is InChI=1S/C19H26N2O/c1-4-17-8-10-18(11-9-17)14-21-19(13-16(3)22)15(2)7-5-6-12-20/h5-12,19,21H,2,4,13-14,20H2,1,3H3/b7-5-,12-6-. The first kappa shape index (κ1) is 17.9. The number of Topliss-reactive ketones (excluding diaryl/α,β-unsaturated/α-hetero) is 1. The van der Waals surface area contributed by atoms with Crippen molar-refractivity contribution in [2.24, 2.45) is 5.73 Å². The van der Waals surface area contributed by atoms with E-state index in [1.165, 1.54) is 17.3 Å². The van der Waals surface area contributed by atoms with Crippen molar-refractivity contribution in [2.75, 3.05) is 0 Å². The molecule has 0 fully saturated rings. The zero-order valence-corrected chi connectivity index (χ0v) is 13.5. The van der Waals surface area contributed by atoms with Gasteiger partial charge in [0.1, 0.15) is 5.78 Å². The minimum absolute atomic E-state index is 0.0641. The van der Waals surface area contributed by atoms with Gasteiger partial charge in [0.05, 0.1) is 0 Å². The molecule has 1 unspecified atom stereocenters. The Bertz CT molecular complexity index is 541. The molecule has 118 valence electrons. The highest BCUT2D eigenvalue weighted by atomic mass is 16.1. The van der Waals surface area contributed by atoms with Crippen LogP contribution in [0.1, 0.15) is 31.4 Å². The lowest BCUT2D eigenvalue weighted by Crippen LogP contribution is -2.31. The summed E-state index contributed by atoms with van der Waals surface area (Å²) in [5.74, 6) is 0.141. The van der Waals surface area contributed by atoms with Crippen molar-refractivity contribution in [3.63, 3.8) is 0 Å². The summed E-state index contributed by atoms with van der Waals surface area (Å²) in [5, 5.41) is 3.40. The fourth-order valence-corrected chi connectivity index (χ4v) is 2.12. The van der Waals surface area contributed by atoms with E-state index in [-0.39, 0.29) is 11.8 Å². The van der Waals surface area contributed by atoms with Gasteiger partial charge in [-0.25, -0.2) is 0 Å². The summed E-state index contributed by atoms with van der Waals surface area (Å²) in [6.07, 6.45) is 8.38. The van der Waals surface area contributed by atoms with Gasteiger partial charge in [-0.2, -0.15) is 0 Å². The monoisotopic (exact) mass is 298 g/mol. The first-order valence-electron chi connectivity index (χ1n) is 7.61. The average molecular weight is 298 g/mol. The molecule has 1 atom stereocenters. The Morgan fingerprint density at radius 2 is 1.91 bits per heavy atom. The average Bonchev–Trinajstić information content (AvgIpc) is 2.51. The van der Waals surface area contributed by atoms with Crippen molar-refractivity contribution in [1.82, 2.24) is 5.32 Å². The van der Waals surface area contributed by atoms with Crippen LogP contribution in [0.15, 0.2) is 60.8 Å². The third-order valence-corrected chi connectivity index (χ3v) is 3.46. The molecule has 0 saturated heterocycles. The van der Waals surface area contributed by atoms with Crippen molar-refractivity contribution in [1.29, 1.82) is 0 Å². The molecule has 0 saturated carbocycles. The van der Waals surface area contributed by atoms with E-state index in [0.717, 1.165) is 12.0 Å². The van der Waals surface area contributed by atoms with Gasteiger partial charge in [-0.3, -0.25) is 4.79 Å². The number of hydrogen-bond donors (Lipinski definition) is 2. The predicted molar refractivity (Wildman–Crippen MR) is 93.4 cm³/mol. The molecular formula is C19H26N2O. The van der Waals surface area contributed by atoms with Gasteiger partial charge >= 0.3 is 0 Å². The second-order valence-electron chi connectivity index (χ2n) is 5.33. The van der Waals surface area contributed by atoms with Crippen LogP contribution in [0, 0.1) is 0 Å². The van der Waals surface area contributed by atoms with Gasteiger partial charge < -0.3 is 11.1 Å². The molecule has 0 spiro atoms. The summed E-state index contributed by atoms with van der Waals surface area (Å²) in [5.41, 5.74) is 8.69. The van der Waals surface area contributed by atoms with Crippen molar-refractivity contribution in [3.8, 4) is 0 Å². The molecular weight excluding hydrogens is 272 g/mol. The number of ketones is 1. The minimum Gasteiger partial charge on any atom is -0.405 e. The lowest BCUT2D eigenvalue weighted by atomic mass is 10.0. The summed E-state index contributed by atoms with van der Waals surface area (Å²) < 4.78 is 0. The molecule has 3 N–H and O–H groups in total. The maximum Gasteiger partial charge on any atom is 0.131 e. The molecule has 0 aromatic heterocycles. The molecule has 0 aliphatic heterocycles. The lowest BCUT2D eigenvalue weighted by Gasteiger charge is -2.18. The van der Waals surface area contributed by atoms with Crippen LogP contribution in [0.25, 0.3) is 0 Å². The van der Waals surface area contributed by atoms with Crippen LogP contribution in [0.4, 0.5) is 0 Å². The van der Waals surface area contributed by atoms with Crippen LogP contribution < -0.4 is 11.1 Å². The van der Waals surface area contributed by atoms with Gasteiger partial charge in [-0.1, -0.05) is 49.9 Å². The van der Waals surface area contributed by atoms with Gasteiger partial charge in [0, 0.05) is 19.0 Å². The zero-order valence-electron chi connectivity index (χ0n) is 13.5. The van der Waals surface area contributed by atoms with E-state index < -0.39 is 0 Å². The fraction of sp³-hybridized carbons (Fsp3) is 0.316. The van der Waals surface area contributed by atoms with E-state index in [0.29, 0.717) is 13.0 Å². The largest absolute Gasteiger partial charge is 0.405 e. The van der Waals surface area contributed by atoms with E-state index >= 15 is 0 Å². The predicted octanol–water partition coefficient (Wildman–Crippen LogP) is 3.27. The van der Waals surface area contributed by atoms with Gasteiger partial charge in [0.2, 0.25) is 0 Å². The number of benzene rings is 1. The highest BCUT2D eigenvalue weighted by Gasteiger charge is 2.12. The Kier molecular flexibility index (Phi) is 7.94. The summed E-state index contributed by atoms with van der Waals surface area (Å²) in [6.45, 7) is 8.49. The second kappa shape index (κ2) is 9.74. The molecule has 1 aromatic carbocycles. The van der Waals surface area contributed by atoms with Gasteiger partial charge in [0.25, 0.3) is 0 Å². The van der Waals surface area contributed by atoms with E-state index in [1.54, 1.807) is 13.0 Å². The van der Waals surface area contributed by atoms with Crippen molar-refractivity contribution >= 4 is 5.78 Å². The molecule has 1 rings (SSSR count). The van der Waals surface area contributed by atoms with E-state index in [4.69, 9.17) is 5.73 Å². The fourth-order valence-electron chi connectivity index (χ4n) is 2.12. The van der Waals surface area contributed by atoms with E-state index in [9.17, 15) is 4.79 Å². The van der Waals surface area contributed by atoms with Gasteiger partial charge in [-0.05, 0) is 42.3 Å². The third-order valence-electron chi connectivity index (χ3n) is 3.46. The van der Waals surface area contributed by atoms with Crippen molar-refractivity contribution in [3.05, 3.63) is 72.0 Å². The first-order valence-corrected chi connectivity index (χ1v) is 7.61. The SMILES string of the molecule is C=C(/C=C\C=C/N)C(CC(C)=O)NCc1ccc(CC)cc1. The van der Waals surface area contributed by atoms with Gasteiger partial charge in [-0.15, -0.1) is 0 Å². The summed E-state index contributed by atoms with van der Waals surface area (Å²) in [4.78, 5) is 11.4. The first-order chi connectivity index (χ1) is 10.6. The summed E-state index contributed by atoms with van der Waals surface area (Å²) in [6, 6.07) is 8.44. The van der Waals surface area contributed by atoms with Crippen LogP contribution in [0.2, 0.25) is 0 Å². The second-order valence-corrected chi connectivity index (χ2v) is 5.33. The van der Waals surface area contributed by atoms with Crippen LogP contribution in [0.3, 0.4) is 0 Å². The number of nitrogens with one attached hydrogen (secondary N) is 1. The molecule has 0 bridgehead atoms. The molecule has 3 nitrogen and oxygen atoms in total. The Morgan fingerprint density at radius 1 is 1.27 bits per heavy atom. The van der Waals surface area contributed by atoms with E-state index in [1.807, 2.05) is 12.2 Å². The van der Waals surface area contributed by atoms with Crippen LogP contribution in [0.5, 0.6) is 0 Å². The number of carbonyl (C=O) groups excluding carboxylic acids is 1. The molecule has 0 amide bonds.